The first-order chi connectivity index (χ1) is 7.61. The number of hydrogen-bond acceptors (Lipinski definition) is 3. The highest BCUT2D eigenvalue weighted by atomic mass is 35.5. The van der Waals surface area contributed by atoms with Gasteiger partial charge < -0.3 is 0 Å². The van der Waals surface area contributed by atoms with Crippen LogP contribution in [0.15, 0.2) is 17.5 Å². The Morgan fingerprint density at radius 3 is 2.88 bits per heavy atom. The Balaban J connectivity index is 2.56. The van der Waals surface area contributed by atoms with Crippen LogP contribution >= 0.6 is 22.9 Å². The molecular formula is C11H6ClFN2S. The average Bonchev–Trinajstić information content (AvgIpc) is 2.71. The lowest BCUT2D eigenvalue weighted by atomic mass is 10.1. The van der Waals surface area contributed by atoms with Crippen LogP contribution in [-0.4, -0.2) is 4.98 Å². The monoisotopic (exact) mass is 252 g/mol. The lowest BCUT2D eigenvalue weighted by Gasteiger charge is -2.03. The summed E-state index contributed by atoms with van der Waals surface area (Å²) in [6.45, 7) is 1.65. The van der Waals surface area contributed by atoms with Gasteiger partial charge in [-0.25, -0.2) is 9.37 Å². The van der Waals surface area contributed by atoms with Crippen LogP contribution in [0.25, 0.3) is 11.3 Å². The molecule has 1 aromatic heterocycles. The zero-order valence-corrected chi connectivity index (χ0v) is 9.86. The summed E-state index contributed by atoms with van der Waals surface area (Å²) in [6, 6.07) is 4.83. The molecule has 2 nitrogen and oxygen atoms in total. The largest absolute Gasteiger partial charge is 0.226 e. The summed E-state index contributed by atoms with van der Waals surface area (Å²) in [5.41, 5.74) is 1.54. The van der Waals surface area contributed by atoms with Gasteiger partial charge in [-0.05, 0) is 24.6 Å². The van der Waals surface area contributed by atoms with Crippen LogP contribution in [0.4, 0.5) is 4.39 Å². The Bertz CT molecular complexity index is 586. The minimum Gasteiger partial charge on any atom is -0.226 e. The average molecular weight is 253 g/mol. The van der Waals surface area contributed by atoms with Gasteiger partial charge in [-0.15, -0.1) is 11.3 Å². The molecule has 0 saturated carbocycles. The molecule has 1 heterocycles. The van der Waals surface area contributed by atoms with Crippen LogP contribution in [0.1, 0.15) is 10.6 Å². The van der Waals surface area contributed by atoms with Crippen LogP contribution in [0.2, 0.25) is 5.02 Å². The molecule has 0 saturated heterocycles. The van der Waals surface area contributed by atoms with Gasteiger partial charge >= 0.3 is 0 Å². The molecule has 0 atom stereocenters. The van der Waals surface area contributed by atoms with Gasteiger partial charge in [0.1, 0.15) is 11.9 Å². The first-order valence-electron chi connectivity index (χ1n) is 4.43. The highest BCUT2D eigenvalue weighted by Gasteiger charge is 2.11. The van der Waals surface area contributed by atoms with Crippen LogP contribution in [0, 0.1) is 24.1 Å². The van der Waals surface area contributed by atoms with Crippen molar-refractivity contribution in [1.82, 2.24) is 4.98 Å². The quantitative estimate of drug-likeness (QED) is 0.774. The Morgan fingerprint density at radius 2 is 2.25 bits per heavy atom. The Labute approximate surface area is 101 Å². The van der Waals surface area contributed by atoms with Crippen LogP contribution in [0.3, 0.4) is 0 Å². The minimum atomic E-state index is -0.328. The minimum absolute atomic E-state index is 0.328. The summed E-state index contributed by atoms with van der Waals surface area (Å²) in [5.74, 6) is -0.328. The highest BCUT2D eigenvalue weighted by Crippen LogP contribution is 2.30. The molecule has 80 valence electrons. The third kappa shape index (κ3) is 1.92. The fourth-order valence-corrected chi connectivity index (χ4v) is 2.21. The van der Waals surface area contributed by atoms with Gasteiger partial charge in [0.05, 0.1) is 10.7 Å². The van der Waals surface area contributed by atoms with E-state index >= 15 is 0 Å². The van der Waals surface area contributed by atoms with Crippen molar-refractivity contribution >= 4 is 22.9 Å². The van der Waals surface area contributed by atoms with Gasteiger partial charge in [0.15, 0.2) is 5.01 Å². The zero-order valence-electron chi connectivity index (χ0n) is 8.29. The van der Waals surface area contributed by atoms with Gasteiger partial charge in [0.25, 0.3) is 0 Å². The third-order valence-corrected chi connectivity index (χ3v) is 3.18. The lowest BCUT2D eigenvalue weighted by Crippen LogP contribution is -1.87. The molecule has 2 aromatic rings. The van der Waals surface area contributed by atoms with Crippen molar-refractivity contribution < 1.29 is 4.39 Å². The fourth-order valence-electron chi connectivity index (χ4n) is 1.29. The predicted molar refractivity (Wildman–Crippen MR) is 62.0 cm³/mol. The number of thiazole rings is 1. The molecule has 5 heteroatoms. The fraction of sp³-hybridized carbons (Fsp3) is 0.0909. The van der Waals surface area contributed by atoms with Crippen molar-refractivity contribution in [2.45, 2.75) is 6.92 Å². The third-order valence-electron chi connectivity index (χ3n) is 2.12. The second-order valence-corrected chi connectivity index (χ2v) is 4.50. The predicted octanol–water partition coefficient (Wildman–Crippen LogP) is 3.78. The van der Waals surface area contributed by atoms with E-state index in [1.807, 2.05) is 6.07 Å². The Morgan fingerprint density at radius 1 is 1.50 bits per heavy atom. The number of aryl methyl sites for hydroxylation is 1. The second-order valence-electron chi connectivity index (χ2n) is 3.23. The summed E-state index contributed by atoms with van der Waals surface area (Å²) < 4.78 is 13.4. The molecule has 0 aliphatic carbocycles. The summed E-state index contributed by atoms with van der Waals surface area (Å²) in [7, 11) is 0. The SMILES string of the molecule is Cc1cc(Cl)c(-c2csc(C#N)n2)cc1F. The molecule has 0 unspecified atom stereocenters. The maximum Gasteiger partial charge on any atom is 0.194 e. The van der Waals surface area contributed by atoms with Crippen LogP contribution in [0.5, 0.6) is 0 Å². The molecule has 0 bridgehead atoms. The topological polar surface area (TPSA) is 36.7 Å². The van der Waals surface area contributed by atoms with Crippen molar-refractivity contribution in [3.05, 3.63) is 38.9 Å². The number of hydrogen-bond donors (Lipinski definition) is 0. The van der Waals surface area contributed by atoms with E-state index in [4.69, 9.17) is 16.9 Å². The smallest absolute Gasteiger partial charge is 0.194 e. The standard InChI is InChI=1S/C11H6ClFN2S/c1-6-2-8(12)7(3-9(6)13)10-5-16-11(4-14)15-10/h2-3,5H,1H3. The molecule has 0 aliphatic rings. The maximum absolute atomic E-state index is 13.4. The van der Waals surface area contributed by atoms with Crippen LogP contribution < -0.4 is 0 Å². The van der Waals surface area contributed by atoms with Crippen LogP contribution in [-0.2, 0) is 0 Å². The molecule has 0 spiro atoms. The normalized spacial score (nSPS) is 10.1. The van der Waals surface area contributed by atoms with E-state index in [0.717, 1.165) is 0 Å². The second kappa shape index (κ2) is 4.20. The van der Waals surface area contributed by atoms with E-state index in [2.05, 4.69) is 4.98 Å². The van der Waals surface area contributed by atoms with E-state index in [-0.39, 0.29) is 5.82 Å². The number of nitrogens with zero attached hydrogens (tertiary/aromatic N) is 2. The molecule has 0 fully saturated rings. The van der Waals surface area contributed by atoms with Gasteiger partial charge in [-0.3, -0.25) is 0 Å². The number of rotatable bonds is 1. The molecular weight excluding hydrogens is 247 g/mol. The van der Waals surface area contributed by atoms with E-state index in [9.17, 15) is 4.39 Å². The Hall–Kier alpha value is -1.44. The van der Waals surface area contributed by atoms with E-state index in [1.54, 1.807) is 18.4 Å². The molecule has 0 N–H and O–H groups in total. The van der Waals surface area contributed by atoms with Gasteiger partial charge in [0, 0.05) is 10.9 Å². The molecule has 2 rings (SSSR count). The highest BCUT2D eigenvalue weighted by molar-refractivity contribution is 7.10. The van der Waals surface area contributed by atoms with Crippen molar-refractivity contribution in [3.8, 4) is 17.3 Å². The van der Waals surface area contributed by atoms with Crippen molar-refractivity contribution in [1.29, 1.82) is 5.26 Å². The number of aromatic nitrogens is 1. The van der Waals surface area contributed by atoms with Gasteiger partial charge in [-0.1, -0.05) is 11.6 Å². The van der Waals surface area contributed by atoms with Gasteiger partial charge in [-0.2, -0.15) is 5.26 Å². The van der Waals surface area contributed by atoms with Crippen molar-refractivity contribution in [2.24, 2.45) is 0 Å². The van der Waals surface area contributed by atoms with E-state index in [0.29, 0.717) is 26.9 Å². The first kappa shape index (κ1) is 11.1. The molecule has 1 aromatic carbocycles. The molecule has 0 radical (unpaired) electrons. The number of benzene rings is 1. The maximum atomic E-state index is 13.4. The van der Waals surface area contributed by atoms with Crippen molar-refractivity contribution in [3.63, 3.8) is 0 Å². The molecule has 16 heavy (non-hydrogen) atoms. The number of halogens is 2. The van der Waals surface area contributed by atoms with Crippen molar-refractivity contribution in [2.75, 3.05) is 0 Å². The summed E-state index contributed by atoms with van der Waals surface area (Å²) in [5, 5.41) is 11.1. The molecule has 0 amide bonds. The molecule has 0 aliphatic heterocycles. The van der Waals surface area contributed by atoms with E-state index < -0.39 is 0 Å². The summed E-state index contributed by atoms with van der Waals surface area (Å²) >= 11 is 7.21. The summed E-state index contributed by atoms with van der Waals surface area (Å²) in [6.07, 6.45) is 0. The van der Waals surface area contributed by atoms with E-state index in [1.165, 1.54) is 17.4 Å². The zero-order chi connectivity index (χ0) is 11.7. The van der Waals surface area contributed by atoms with Gasteiger partial charge in [0.2, 0.25) is 0 Å². The first-order valence-corrected chi connectivity index (χ1v) is 5.69. The lowest BCUT2D eigenvalue weighted by molar-refractivity contribution is 0.619. The summed E-state index contributed by atoms with van der Waals surface area (Å²) in [4.78, 5) is 4.04. The number of nitriles is 1. The Kier molecular flexibility index (Phi) is 2.90.